The highest BCUT2D eigenvalue weighted by atomic mass is 16.6. The molecule has 0 aromatic rings. The van der Waals surface area contributed by atoms with Crippen LogP contribution in [0, 0.1) is 0 Å². The summed E-state index contributed by atoms with van der Waals surface area (Å²) in [5.74, 6) is 0. The monoisotopic (exact) mass is 526 g/mol. The van der Waals surface area contributed by atoms with Crippen LogP contribution in [0.2, 0.25) is 0 Å². The Balaban J connectivity index is 1.61. The molecule has 0 unspecified atom stereocenters. The van der Waals surface area contributed by atoms with Gasteiger partial charge in [-0.25, -0.2) is 0 Å². The Hall–Kier alpha value is -1.02. The van der Waals surface area contributed by atoms with E-state index in [2.05, 4.69) is 17.9 Å². The van der Waals surface area contributed by atoms with Crippen LogP contribution in [0.25, 0.3) is 0 Å². The largest absolute Gasteiger partial charge is 0.394 e. The maximum absolute atomic E-state index is 8.57. The molecular weight excluding hydrogens is 472 g/mol. The van der Waals surface area contributed by atoms with Crippen molar-refractivity contribution in [1.29, 1.82) is 0 Å². The molecule has 0 fully saturated rings. The SMILES string of the molecule is OCCOCCOCCOCCOCCOCCOCCCCCCCCCCCCCC1=C=CC=C1. The summed E-state index contributed by atoms with van der Waals surface area (Å²) in [5.41, 5.74) is 4.65. The van der Waals surface area contributed by atoms with Crippen molar-refractivity contribution in [3.63, 3.8) is 0 Å². The summed E-state index contributed by atoms with van der Waals surface area (Å²) in [7, 11) is 0. The number of allylic oxidation sites excluding steroid dienone is 3. The highest BCUT2D eigenvalue weighted by Gasteiger charge is 1.97. The van der Waals surface area contributed by atoms with Crippen LogP contribution in [0.1, 0.15) is 77.0 Å². The van der Waals surface area contributed by atoms with Crippen LogP contribution in [-0.2, 0) is 28.4 Å². The van der Waals surface area contributed by atoms with Crippen molar-refractivity contribution in [3.8, 4) is 0 Å². The van der Waals surface area contributed by atoms with Gasteiger partial charge in [-0.3, -0.25) is 0 Å². The van der Waals surface area contributed by atoms with E-state index in [-0.39, 0.29) is 6.61 Å². The van der Waals surface area contributed by atoms with Crippen molar-refractivity contribution in [2.75, 3.05) is 85.9 Å². The maximum Gasteiger partial charge on any atom is 0.0701 e. The summed E-state index contributed by atoms with van der Waals surface area (Å²) < 4.78 is 32.5. The normalized spacial score (nSPS) is 12.6. The van der Waals surface area contributed by atoms with Crippen molar-refractivity contribution in [1.82, 2.24) is 0 Å². The third-order valence-electron chi connectivity index (χ3n) is 5.99. The second-order valence-corrected chi connectivity index (χ2v) is 9.23. The molecule has 0 heterocycles. The Labute approximate surface area is 226 Å². The average Bonchev–Trinajstić information content (AvgIpc) is 3.43. The van der Waals surface area contributed by atoms with E-state index in [1.165, 1.54) is 76.2 Å². The van der Waals surface area contributed by atoms with E-state index in [9.17, 15) is 0 Å². The van der Waals surface area contributed by atoms with Gasteiger partial charge in [0.15, 0.2) is 0 Å². The lowest BCUT2D eigenvalue weighted by atomic mass is 10.0. The van der Waals surface area contributed by atoms with Gasteiger partial charge in [0.2, 0.25) is 0 Å². The molecule has 0 saturated carbocycles. The first-order valence-electron chi connectivity index (χ1n) is 14.6. The number of aliphatic hydroxyl groups excluding tert-OH is 1. The zero-order valence-electron chi connectivity index (χ0n) is 23.3. The Bertz CT molecular complexity index is 558. The zero-order valence-corrected chi connectivity index (χ0v) is 23.3. The van der Waals surface area contributed by atoms with Crippen LogP contribution in [0.5, 0.6) is 0 Å². The molecule has 0 spiro atoms. The first kappa shape index (κ1) is 34.0. The molecule has 0 aliphatic heterocycles. The number of rotatable bonds is 31. The molecule has 0 bridgehead atoms. The third kappa shape index (κ3) is 26.4. The topological polar surface area (TPSA) is 75.6 Å². The molecule has 0 aromatic carbocycles. The smallest absolute Gasteiger partial charge is 0.0701 e. The second kappa shape index (κ2) is 29.5. The van der Waals surface area contributed by atoms with Crippen molar-refractivity contribution in [3.05, 3.63) is 29.5 Å². The third-order valence-corrected chi connectivity index (χ3v) is 5.99. The van der Waals surface area contributed by atoms with E-state index in [0.717, 1.165) is 13.0 Å². The Kier molecular flexibility index (Phi) is 27.1. The summed E-state index contributed by atoms with van der Waals surface area (Å²) in [6.45, 7) is 6.80. The molecule has 216 valence electrons. The summed E-state index contributed by atoms with van der Waals surface area (Å²) >= 11 is 0. The molecule has 0 radical (unpaired) electrons. The minimum absolute atomic E-state index is 0.0412. The Morgan fingerprint density at radius 2 is 0.838 bits per heavy atom. The minimum Gasteiger partial charge on any atom is -0.394 e. The summed E-state index contributed by atoms with van der Waals surface area (Å²) in [5, 5.41) is 8.57. The number of hydrogen-bond donors (Lipinski definition) is 1. The fourth-order valence-electron chi connectivity index (χ4n) is 3.90. The number of unbranched alkanes of at least 4 members (excludes halogenated alkanes) is 10. The van der Waals surface area contributed by atoms with Gasteiger partial charge in [0.1, 0.15) is 0 Å². The molecule has 1 N–H and O–H groups in total. The molecule has 0 saturated heterocycles. The van der Waals surface area contributed by atoms with Gasteiger partial charge in [-0.2, -0.15) is 0 Å². The summed E-state index contributed by atoms with van der Waals surface area (Å²) in [4.78, 5) is 0. The minimum atomic E-state index is 0.0412. The first-order chi connectivity index (χ1) is 18.4. The molecule has 1 aliphatic rings. The van der Waals surface area contributed by atoms with E-state index < -0.39 is 0 Å². The van der Waals surface area contributed by atoms with Crippen LogP contribution in [0.4, 0.5) is 0 Å². The van der Waals surface area contributed by atoms with Gasteiger partial charge in [0.25, 0.3) is 0 Å². The van der Waals surface area contributed by atoms with Crippen LogP contribution in [0.15, 0.2) is 29.5 Å². The van der Waals surface area contributed by atoms with Gasteiger partial charge in [0.05, 0.1) is 79.3 Å². The molecule has 0 atom stereocenters. The molecule has 0 aromatic heterocycles. The average molecular weight is 527 g/mol. The fraction of sp³-hybridized carbons (Fsp3) is 0.833. The van der Waals surface area contributed by atoms with Crippen LogP contribution in [0.3, 0.4) is 0 Å². The number of ether oxygens (including phenoxy) is 6. The summed E-state index contributed by atoms with van der Waals surface area (Å²) in [6, 6.07) is 0. The van der Waals surface area contributed by atoms with Crippen LogP contribution < -0.4 is 0 Å². The van der Waals surface area contributed by atoms with Gasteiger partial charge in [-0.15, -0.1) is 5.73 Å². The van der Waals surface area contributed by atoms with Gasteiger partial charge in [-0.1, -0.05) is 69.9 Å². The summed E-state index contributed by atoms with van der Waals surface area (Å²) in [6.07, 6.45) is 22.2. The van der Waals surface area contributed by atoms with E-state index in [1.807, 2.05) is 6.08 Å². The first-order valence-corrected chi connectivity index (χ1v) is 14.6. The lowest BCUT2D eigenvalue weighted by Crippen LogP contribution is -2.14. The van der Waals surface area contributed by atoms with Gasteiger partial charge >= 0.3 is 0 Å². The fourth-order valence-corrected chi connectivity index (χ4v) is 3.90. The predicted molar refractivity (Wildman–Crippen MR) is 148 cm³/mol. The second-order valence-electron chi connectivity index (χ2n) is 9.23. The van der Waals surface area contributed by atoms with Gasteiger partial charge in [-0.05, 0) is 30.9 Å². The lowest BCUT2D eigenvalue weighted by molar-refractivity contribution is -0.0182. The molecule has 1 rings (SSSR count). The maximum atomic E-state index is 8.57. The molecule has 7 heteroatoms. The van der Waals surface area contributed by atoms with Crippen molar-refractivity contribution in [2.24, 2.45) is 0 Å². The van der Waals surface area contributed by atoms with Crippen molar-refractivity contribution < 1.29 is 33.5 Å². The zero-order chi connectivity index (χ0) is 26.3. The number of hydrogen-bond acceptors (Lipinski definition) is 7. The van der Waals surface area contributed by atoms with E-state index >= 15 is 0 Å². The molecular formula is C30H54O7. The van der Waals surface area contributed by atoms with Crippen molar-refractivity contribution >= 4 is 0 Å². The number of aliphatic hydroxyl groups is 1. The predicted octanol–water partition coefficient (Wildman–Crippen LogP) is 5.41. The van der Waals surface area contributed by atoms with E-state index in [0.29, 0.717) is 72.7 Å². The van der Waals surface area contributed by atoms with E-state index in [4.69, 9.17) is 33.5 Å². The molecule has 0 amide bonds. The lowest BCUT2D eigenvalue weighted by Gasteiger charge is -2.08. The van der Waals surface area contributed by atoms with Crippen LogP contribution >= 0.6 is 0 Å². The highest BCUT2D eigenvalue weighted by molar-refractivity contribution is 5.28. The Morgan fingerprint density at radius 1 is 0.459 bits per heavy atom. The highest BCUT2D eigenvalue weighted by Crippen LogP contribution is 2.15. The molecule has 37 heavy (non-hydrogen) atoms. The Morgan fingerprint density at radius 3 is 1.24 bits per heavy atom. The van der Waals surface area contributed by atoms with Gasteiger partial charge in [0, 0.05) is 6.61 Å². The molecule has 1 aliphatic carbocycles. The standard InChI is InChI=1S/C30H54O7/c31-17-19-33-21-23-35-25-27-37-29-28-36-26-24-34-22-20-32-18-13-9-7-5-3-1-2-4-6-8-10-14-30-15-11-12-16-30/h11-12,15,31H,1-10,13-14,17-29H2. The van der Waals surface area contributed by atoms with Crippen LogP contribution in [-0.4, -0.2) is 91.0 Å². The van der Waals surface area contributed by atoms with E-state index in [1.54, 1.807) is 0 Å². The quantitative estimate of drug-likeness (QED) is 0.0956. The van der Waals surface area contributed by atoms with Gasteiger partial charge < -0.3 is 33.5 Å². The van der Waals surface area contributed by atoms with Crippen molar-refractivity contribution in [2.45, 2.75) is 77.0 Å². The molecule has 7 nitrogen and oxygen atoms in total.